The van der Waals surface area contributed by atoms with Crippen molar-refractivity contribution in [2.75, 3.05) is 46.9 Å². The van der Waals surface area contributed by atoms with Gasteiger partial charge in [0.1, 0.15) is 5.75 Å². The first kappa shape index (κ1) is 27.4. The van der Waals surface area contributed by atoms with Crippen molar-refractivity contribution in [1.29, 1.82) is 0 Å². The van der Waals surface area contributed by atoms with Crippen molar-refractivity contribution < 1.29 is 9.53 Å². The van der Waals surface area contributed by atoms with E-state index in [1.165, 1.54) is 26.8 Å². The molecule has 2 unspecified atom stereocenters. The lowest BCUT2D eigenvalue weighted by Gasteiger charge is -2.36. The van der Waals surface area contributed by atoms with Gasteiger partial charge in [0.2, 0.25) is 5.91 Å². The Hall–Kier alpha value is -3.19. The van der Waals surface area contributed by atoms with Gasteiger partial charge in [-0.3, -0.25) is 9.69 Å². The third kappa shape index (κ3) is 6.70. The smallest absolute Gasteiger partial charge is 0.222 e. The number of thiophene rings is 1. The predicted octanol–water partition coefficient (Wildman–Crippen LogP) is 6.32. The summed E-state index contributed by atoms with van der Waals surface area (Å²) < 4.78 is 5.33. The van der Waals surface area contributed by atoms with Crippen LogP contribution in [0.2, 0.25) is 0 Å². The molecule has 4 aromatic rings. The predicted molar refractivity (Wildman–Crippen MR) is 162 cm³/mol. The van der Waals surface area contributed by atoms with Crippen LogP contribution in [0.25, 0.3) is 10.8 Å². The molecule has 1 N–H and O–H groups in total. The highest BCUT2D eigenvalue weighted by molar-refractivity contribution is 7.10. The number of hydrogen-bond acceptors (Lipinski definition) is 5. The molecule has 3 aromatic carbocycles. The van der Waals surface area contributed by atoms with Crippen molar-refractivity contribution in [2.24, 2.45) is 0 Å². The monoisotopic (exact) mass is 541 g/mol. The zero-order valence-corrected chi connectivity index (χ0v) is 23.8. The van der Waals surface area contributed by atoms with Crippen LogP contribution >= 0.6 is 11.3 Å². The Kier molecular flexibility index (Phi) is 9.30. The first-order valence-corrected chi connectivity index (χ1v) is 14.9. The van der Waals surface area contributed by atoms with Gasteiger partial charge in [0, 0.05) is 56.5 Å². The summed E-state index contributed by atoms with van der Waals surface area (Å²) in [7, 11) is 3.66. The molecule has 1 aromatic heterocycles. The Morgan fingerprint density at radius 3 is 2.69 bits per heavy atom. The molecule has 5 nitrogen and oxygen atoms in total. The molecule has 2 atom stereocenters. The lowest BCUT2D eigenvalue weighted by Crippen LogP contribution is -2.46. The second-order valence-electron chi connectivity index (χ2n) is 10.4. The minimum atomic E-state index is 0.231. The van der Waals surface area contributed by atoms with Crippen molar-refractivity contribution in [3.63, 3.8) is 0 Å². The Labute approximate surface area is 236 Å². The van der Waals surface area contributed by atoms with E-state index in [1.54, 1.807) is 18.4 Å². The molecule has 0 saturated carbocycles. The van der Waals surface area contributed by atoms with Gasteiger partial charge in [-0.1, -0.05) is 60.7 Å². The maximum absolute atomic E-state index is 13.1. The molecule has 0 aliphatic carbocycles. The van der Waals surface area contributed by atoms with Crippen LogP contribution in [0.3, 0.4) is 0 Å². The SMILES string of the molecule is COc1ccc(C2CNCCN2CCCC(=O)N(C)CCC(c2cccs2)c2cccc3ccccc23)cc1. The van der Waals surface area contributed by atoms with Gasteiger partial charge in [-0.25, -0.2) is 0 Å². The van der Waals surface area contributed by atoms with Crippen LogP contribution in [0.4, 0.5) is 0 Å². The summed E-state index contributed by atoms with van der Waals surface area (Å²) in [5.74, 6) is 1.39. The minimum absolute atomic E-state index is 0.231. The van der Waals surface area contributed by atoms with E-state index in [9.17, 15) is 4.79 Å². The second-order valence-corrected chi connectivity index (χ2v) is 11.4. The van der Waals surface area contributed by atoms with Crippen LogP contribution in [0.5, 0.6) is 5.75 Å². The minimum Gasteiger partial charge on any atom is -0.497 e. The molecule has 6 heteroatoms. The maximum atomic E-state index is 13.1. The molecule has 0 spiro atoms. The van der Waals surface area contributed by atoms with Crippen LogP contribution in [0.1, 0.15) is 47.2 Å². The number of nitrogens with one attached hydrogen (secondary N) is 1. The van der Waals surface area contributed by atoms with Gasteiger partial charge in [-0.15, -0.1) is 11.3 Å². The van der Waals surface area contributed by atoms with Crippen LogP contribution in [-0.2, 0) is 4.79 Å². The number of benzene rings is 3. The van der Waals surface area contributed by atoms with E-state index in [1.807, 2.05) is 24.1 Å². The molecule has 1 amide bonds. The Balaban J connectivity index is 1.17. The molecule has 0 bridgehead atoms. The number of carbonyl (C=O) groups is 1. The summed E-state index contributed by atoms with van der Waals surface area (Å²) in [6.45, 7) is 4.57. The molecule has 1 aliphatic rings. The number of methoxy groups -OCH3 is 1. The molecular formula is C33H39N3O2S. The fraction of sp³-hybridized carbons (Fsp3) is 0.364. The van der Waals surface area contributed by atoms with E-state index in [0.29, 0.717) is 12.5 Å². The van der Waals surface area contributed by atoms with E-state index in [0.717, 1.165) is 51.3 Å². The highest BCUT2D eigenvalue weighted by atomic mass is 32.1. The summed E-state index contributed by atoms with van der Waals surface area (Å²) in [5, 5.41) is 8.24. The first-order chi connectivity index (χ1) is 19.1. The van der Waals surface area contributed by atoms with E-state index in [4.69, 9.17) is 4.74 Å². The summed E-state index contributed by atoms with van der Waals surface area (Å²) in [5.41, 5.74) is 2.64. The highest BCUT2D eigenvalue weighted by Gasteiger charge is 2.24. The van der Waals surface area contributed by atoms with Gasteiger partial charge >= 0.3 is 0 Å². The van der Waals surface area contributed by atoms with E-state index in [-0.39, 0.29) is 11.8 Å². The Morgan fingerprint density at radius 2 is 1.90 bits per heavy atom. The van der Waals surface area contributed by atoms with E-state index in [2.05, 4.69) is 82.3 Å². The summed E-state index contributed by atoms with van der Waals surface area (Å²) in [6.07, 6.45) is 2.36. The quantitative estimate of drug-likeness (QED) is 0.241. The van der Waals surface area contributed by atoms with Crippen LogP contribution < -0.4 is 10.1 Å². The van der Waals surface area contributed by atoms with Crippen molar-refractivity contribution >= 4 is 28.0 Å². The molecule has 2 heterocycles. The van der Waals surface area contributed by atoms with Crippen molar-refractivity contribution in [3.05, 3.63) is 100 Å². The second kappa shape index (κ2) is 13.2. The number of rotatable bonds is 11. The third-order valence-electron chi connectivity index (χ3n) is 7.96. The fourth-order valence-electron chi connectivity index (χ4n) is 5.74. The van der Waals surface area contributed by atoms with Gasteiger partial charge in [-0.05, 0) is 64.9 Å². The van der Waals surface area contributed by atoms with Crippen molar-refractivity contribution in [1.82, 2.24) is 15.1 Å². The van der Waals surface area contributed by atoms with E-state index < -0.39 is 0 Å². The summed E-state index contributed by atoms with van der Waals surface area (Å²) in [4.78, 5) is 18.9. The average Bonchev–Trinajstić information content (AvgIpc) is 3.52. The number of ether oxygens (including phenoxy) is 1. The van der Waals surface area contributed by atoms with Gasteiger partial charge < -0.3 is 15.0 Å². The molecule has 1 aliphatic heterocycles. The molecule has 5 rings (SSSR count). The average molecular weight is 542 g/mol. The molecule has 39 heavy (non-hydrogen) atoms. The zero-order valence-electron chi connectivity index (χ0n) is 23.0. The first-order valence-electron chi connectivity index (χ1n) is 14.0. The molecule has 204 valence electrons. The Bertz CT molecular complexity index is 1330. The lowest BCUT2D eigenvalue weighted by molar-refractivity contribution is -0.130. The zero-order chi connectivity index (χ0) is 27.0. The van der Waals surface area contributed by atoms with Gasteiger partial charge in [-0.2, -0.15) is 0 Å². The number of nitrogens with zero attached hydrogens (tertiary/aromatic N) is 2. The number of carbonyl (C=O) groups excluding carboxylic acids is 1. The topological polar surface area (TPSA) is 44.8 Å². The van der Waals surface area contributed by atoms with Crippen molar-refractivity contribution in [3.8, 4) is 5.75 Å². The number of piperazine rings is 1. The molecule has 1 saturated heterocycles. The van der Waals surface area contributed by atoms with Crippen LogP contribution in [0.15, 0.2) is 84.2 Å². The maximum Gasteiger partial charge on any atom is 0.222 e. The van der Waals surface area contributed by atoms with Gasteiger partial charge in [0.15, 0.2) is 0 Å². The fourth-order valence-corrected chi connectivity index (χ4v) is 6.62. The van der Waals surface area contributed by atoms with Crippen LogP contribution in [-0.4, -0.2) is 62.6 Å². The van der Waals surface area contributed by atoms with Gasteiger partial charge in [0.05, 0.1) is 7.11 Å². The number of fused-ring (bicyclic) bond motifs is 1. The third-order valence-corrected chi connectivity index (χ3v) is 8.94. The molecule has 1 fully saturated rings. The van der Waals surface area contributed by atoms with E-state index >= 15 is 0 Å². The highest BCUT2D eigenvalue weighted by Crippen LogP contribution is 2.35. The summed E-state index contributed by atoms with van der Waals surface area (Å²) in [6, 6.07) is 28.2. The van der Waals surface area contributed by atoms with Crippen molar-refractivity contribution in [2.45, 2.75) is 31.2 Å². The number of hydrogen-bond donors (Lipinski definition) is 1. The standard InChI is InChI=1S/C33H39N3O2S/c1-35(21-18-30(32-12-7-23-39-32)29-11-5-9-25-8-3-4-10-28(25)29)33(37)13-6-20-36-22-19-34-24-31(36)26-14-16-27(38-2)17-15-26/h3-5,7-12,14-17,23,30-31,34H,6,13,18-22,24H2,1-2H3. The largest absolute Gasteiger partial charge is 0.497 e. The molecule has 0 radical (unpaired) electrons. The lowest BCUT2D eigenvalue weighted by atomic mass is 9.89. The summed E-state index contributed by atoms with van der Waals surface area (Å²) >= 11 is 1.80. The normalized spacial score (nSPS) is 16.7. The Morgan fingerprint density at radius 1 is 1.08 bits per heavy atom. The van der Waals surface area contributed by atoms with Crippen LogP contribution in [0, 0.1) is 0 Å². The molecular weight excluding hydrogens is 502 g/mol. The van der Waals surface area contributed by atoms with Gasteiger partial charge in [0.25, 0.3) is 0 Å². The number of amides is 1.